The lowest BCUT2D eigenvalue weighted by molar-refractivity contribution is -0.388. The topological polar surface area (TPSA) is 688 Å². The van der Waals surface area contributed by atoms with Gasteiger partial charge in [-0.1, -0.05) is 0 Å². The number of hydrogen-bond donors (Lipinski definition) is 10. The predicted molar refractivity (Wildman–Crippen MR) is 274 cm³/mol. The van der Waals surface area contributed by atoms with Crippen LogP contribution < -0.4 is 0 Å². The molecule has 5 aliphatic rings. The summed E-state index contributed by atoms with van der Waals surface area (Å²) in [5, 5.41) is 32.0. The Balaban J connectivity index is 1.62. The van der Waals surface area contributed by atoms with Gasteiger partial charge in [0.1, 0.15) is 97.7 Å². The second kappa shape index (κ2) is 32.6. The Morgan fingerprint density at radius 2 is 0.548 bits per heavy atom. The van der Waals surface area contributed by atoms with E-state index in [0.717, 1.165) is 35.5 Å². The molecule has 0 unspecified atom stereocenters. The summed E-state index contributed by atoms with van der Waals surface area (Å²) in [5.41, 5.74) is 0. The molecule has 5 saturated heterocycles. The molecule has 5 rings (SSSR count). The first kappa shape index (κ1) is 81.0. The highest BCUT2D eigenvalue weighted by Gasteiger charge is 2.62. The Morgan fingerprint density at radius 1 is 0.301 bits per heavy atom. The molecule has 5 aliphatic heterocycles. The van der Waals surface area contributed by atoms with Gasteiger partial charge in [0.25, 0.3) is 0 Å². The molecule has 0 spiro atoms. The molecule has 5 heterocycles. The van der Waals surface area contributed by atoms with Crippen molar-refractivity contribution in [3.8, 4) is 0 Å². The van der Waals surface area contributed by atoms with Crippen molar-refractivity contribution in [1.29, 1.82) is 0 Å². The Morgan fingerprint density at radius 3 is 0.849 bits per heavy atom. The van der Waals surface area contributed by atoms with E-state index in [4.69, 9.17) is 84.2 Å². The van der Waals surface area contributed by atoms with E-state index in [2.05, 4.69) is 20.9 Å². The van der Waals surface area contributed by atoms with Crippen LogP contribution in [0.1, 0.15) is 0 Å². The Bertz CT molecular complexity index is 3320. The van der Waals surface area contributed by atoms with Crippen molar-refractivity contribution in [3.63, 3.8) is 0 Å². The molecule has 0 aromatic rings. The lowest BCUT2D eigenvalue weighted by Crippen LogP contribution is -2.70. The van der Waals surface area contributed by atoms with E-state index in [1.54, 1.807) is 0 Å². The number of hydrogen-bond acceptors (Lipinski definition) is 40. The smallest absolute Gasteiger partial charge is 0.397 e. The van der Waals surface area contributed by atoms with Gasteiger partial charge in [0.2, 0.25) is 0 Å². The lowest BCUT2D eigenvalue weighted by Gasteiger charge is -2.51. The summed E-state index contributed by atoms with van der Waals surface area (Å²) in [4.78, 5) is 26.5. The normalized spacial score (nSPS) is 37.9. The van der Waals surface area contributed by atoms with Gasteiger partial charge in [-0.05, 0) is 0 Å². The third-order valence-electron chi connectivity index (χ3n) is 13.4. The average Bonchev–Trinajstić information content (AvgIpc) is 0.767. The maximum absolute atomic E-state index is 13.3. The van der Waals surface area contributed by atoms with Crippen LogP contribution in [0.2, 0.25) is 0 Å². The number of carboxylic acid groups (broad SMARTS) is 2. The Labute approximate surface area is 526 Å². The molecule has 56 heteroatoms. The zero-order valence-electron chi connectivity index (χ0n) is 47.8. The number of aliphatic hydroxyl groups is 1. The van der Waals surface area contributed by atoms with Crippen LogP contribution in [-0.2, 0) is 187 Å². The highest BCUT2D eigenvalue weighted by molar-refractivity contribution is 7.82. The summed E-state index contributed by atoms with van der Waals surface area (Å²) in [6.45, 7) is -4.42. The molecule has 0 aromatic heterocycles. The molecule has 25 atom stereocenters. The SMILES string of the molecule is CO[C@@H]1[C@@H](OC)[C@@H](O[C@@H]2[C@H](OS(=O)(=O)O)[C@@H](OS(=O)(=O)O)[C@@H](O[C@@H]3[C@H](OC)[C@@H](OC)[C@H](O[C@@H]4[C@H](OS(=O)(=O)O)[C@@H](OS(=O)(=O)O)[C@@H](O)O[C@@H]4COS(=O)(=O)O)O[C@H]3C(=O)O)O[C@@H]2COS(=O)(=O)O)O[C@H](C(=O)O)[C@H]1O[C@@H]1O[C@H](COS(=O)(=O)O)[C@@H](OC)[C@H](OC)[C@H]1OC. The quantitative estimate of drug-likeness (QED) is 0.0268. The van der Waals surface area contributed by atoms with Crippen LogP contribution in [0.4, 0.5) is 0 Å². The van der Waals surface area contributed by atoms with Gasteiger partial charge < -0.3 is 91.1 Å². The molecule has 0 amide bonds. The zero-order valence-corrected chi connectivity index (χ0v) is 53.5. The first-order valence-electron chi connectivity index (χ1n) is 24.9. The summed E-state index contributed by atoms with van der Waals surface area (Å²) in [6, 6.07) is 0. The monoisotopic (exact) mass is 1510 g/mol. The predicted octanol–water partition coefficient (Wildman–Crippen LogP) is -8.37. The van der Waals surface area contributed by atoms with Crippen LogP contribution in [0, 0.1) is 0 Å². The second-order valence-electron chi connectivity index (χ2n) is 19.1. The van der Waals surface area contributed by atoms with Crippen molar-refractivity contribution in [2.45, 2.75) is 154 Å². The third kappa shape index (κ3) is 22.7. The summed E-state index contributed by atoms with van der Waals surface area (Å²) in [5.74, 6) is -4.31. The maximum Gasteiger partial charge on any atom is 0.397 e. The summed E-state index contributed by atoms with van der Waals surface area (Å²) < 4.78 is 359. The molecule has 0 saturated carbocycles. The fourth-order valence-corrected chi connectivity index (χ4v) is 12.9. The van der Waals surface area contributed by atoms with Gasteiger partial charge in [-0.25, -0.2) is 38.9 Å². The van der Waals surface area contributed by atoms with Gasteiger partial charge in [0.15, 0.2) is 55.9 Å². The highest BCUT2D eigenvalue weighted by Crippen LogP contribution is 2.41. The van der Waals surface area contributed by atoms with Gasteiger partial charge in [-0.2, -0.15) is 58.9 Å². The van der Waals surface area contributed by atoms with Gasteiger partial charge in [0.05, 0.1) is 19.8 Å². The van der Waals surface area contributed by atoms with E-state index < -0.39 is 258 Å². The van der Waals surface area contributed by atoms with Crippen molar-refractivity contribution in [2.24, 2.45) is 0 Å². The van der Waals surface area contributed by atoms with Crippen molar-refractivity contribution >= 4 is 84.7 Å². The highest BCUT2D eigenvalue weighted by atomic mass is 32.3. The van der Waals surface area contributed by atoms with Crippen LogP contribution in [0.5, 0.6) is 0 Å². The summed E-state index contributed by atoms with van der Waals surface area (Å²) in [6.07, 6.45) is -60.2. The molecule has 546 valence electrons. The van der Waals surface area contributed by atoms with E-state index in [1.165, 1.54) is 0 Å². The van der Waals surface area contributed by atoms with Crippen molar-refractivity contribution in [3.05, 3.63) is 0 Å². The third-order valence-corrected chi connectivity index (χ3v) is 16.6. The molecule has 0 radical (unpaired) electrons. The second-order valence-corrected chi connectivity index (χ2v) is 26.5. The lowest BCUT2D eigenvalue weighted by atomic mass is 9.94. The zero-order chi connectivity index (χ0) is 70.5. The molecule has 10 N–H and O–H groups in total. The summed E-state index contributed by atoms with van der Waals surface area (Å²) in [7, 11) is -34.3. The van der Waals surface area contributed by atoms with E-state index in [9.17, 15) is 116 Å². The van der Waals surface area contributed by atoms with Gasteiger partial charge in [0, 0.05) is 49.8 Å². The van der Waals surface area contributed by atoms with Gasteiger partial charge in [-0.15, -0.1) is 0 Å². The van der Waals surface area contributed by atoms with E-state index in [1.807, 2.05) is 0 Å². The minimum absolute atomic E-state index is 0.691. The molecule has 49 nitrogen and oxygen atoms in total. The first-order chi connectivity index (χ1) is 42.7. The fourth-order valence-electron chi connectivity index (χ4n) is 10.0. The number of rotatable bonds is 34. The summed E-state index contributed by atoms with van der Waals surface area (Å²) >= 11 is 0. The van der Waals surface area contributed by atoms with Crippen LogP contribution in [-0.4, -0.2) is 341 Å². The average molecular weight is 1520 g/mol. The van der Waals surface area contributed by atoms with E-state index in [0.29, 0.717) is 14.2 Å². The van der Waals surface area contributed by atoms with Crippen molar-refractivity contribution in [2.75, 3.05) is 69.6 Å². The standard InChI is InChI=1S/C37H62O49S7/c1-64-14-11(8-71-87(43,44)45)75-34(27(68-5)17(14)65-2)79-20-18(66-3)28(69-6)36(81-24(20)31(38)39)78-16-13(10-73-89(49,50)51)76-37(30(86-93(61,62)63)23(16)84-91(55,56)57)80-21-19(67-4)29(70-7)35(82-25(21)32(40)41)77-15-12(9-72-88(46,47)48)74-33(42)26(85-92(58,59)60)22(15)83-90(52,53)54/h11-30,33-37,42H,8-10H2,1-7H3,(H,38,39)(H,40,41)(H,43,44,45)(H,46,47,48)(H,49,50,51)(H,52,53,54)(H,55,56,57)(H,58,59,60)(H,61,62,63)/t11-,12-,13-,14-,15+,16+,17+,18+,19+,20+,21-,22+,23+,24+,25-,26-,27-,28-,29-,30-,33+,34+,35-,36+,37-/m1/s1. The fraction of sp³-hybridized carbons (Fsp3) is 0.946. The number of aliphatic carboxylic acids is 2. The first-order valence-corrected chi connectivity index (χ1v) is 34.5. The molecule has 0 aromatic carbocycles. The number of carbonyl (C=O) groups is 2. The largest absolute Gasteiger partial charge is 0.479 e. The number of carboxylic acids is 2. The molecule has 0 aliphatic carbocycles. The van der Waals surface area contributed by atoms with E-state index in [-0.39, 0.29) is 0 Å². The molecular formula is C37H62O49S7. The molecule has 93 heavy (non-hydrogen) atoms. The van der Waals surface area contributed by atoms with Crippen molar-refractivity contribution in [1.82, 2.24) is 0 Å². The molecule has 5 fully saturated rings. The molecule has 0 bridgehead atoms. The van der Waals surface area contributed by atoms with Gasteiger partial charge >= 0.3 is 84.7 Å². The van der Waals surface area contributed by atoms with Gasteiger partial charge in [-0.3, -0.25) is 31.9 Å². The molecular weight excluding hydrogens is 1450 g/mol. The maximum atomic E-state index is 13.3. The van der Waals surface area contributed by atoms with Crippen LogP contribution in [0.15, 0.2) is 0 Å². The Kier molecular flexibility index (Phi) is 28.4. The number of methoxy groups -OCH3 is 7. The number of ether oxygens (including phenoxy) is 16. The van der Waals surface area contributed by atoms with E-state index >= 15 is 0 Å². The van der Waals surface area contributed by atoms with Crippen LogP contribution >= 0.6 is 0 Å². The van der Waals surface area contributed by atoms with Crippen molar-refractivity contribution < 1.29 is 221 Å². The minimum Gasteiger partial charge on any atom is -0.479 e. The minimum atomic E-state index is -6.20. The Hall–Kier alpha value is -2.65. The van der Waals surface area contributed by atoms with Crippen LogP contribution in [0.3, 0.4) is 0 Å². The van der Waals surface area contributed by atoms with Crippen LogP contribution in [0.25, 0.3) is 0 Å². The number of aliphatic hydroxyl groups excluding tert-OH is 1.